The molecule has 8 heavy (non-hydrogen) atoms. The zero-order chi connectivity index (χ0) is 6.57. The first-order chi connectivity index (χ1) is 3.72. The van der Waals surface area contributed by atoms with Crippen LogP contribution < -0.4 is 0 Å². The number of hydrogen-bond donors (Lipinski definition) is 0. The quantitative estimate of drug-likeness (QED) is 0.399. The van der Waals surface area contributed by atoms with Gasteiger partial charge in [0.15, 0.2) is 6.04 Å². The first-order valence-electron chi connectivity index (χ1n) is 2.66. The van der Waals surface area contributed by atoms with Crippen LogP contribution in [0.4, 0.5) is 0 Å². The van der Waals surface area contributed by atoms with E-state index >= 15 is 0 Å². The first kappa shape index (κ1) is 7.70. The lowest BCUT2D eigenvalue weighted by atomic mass is 10.7. The van der Waals surface area contributed by atoms with E-state index in [2.05, 4.69) is 27.4 Å². The zero-order valence-corrected chi connectivity index (χ0v) is 6.24. The van der Waals surface area contributed by atoms with Gasteiger partial charge in [0.25, 0.3) is 0 Å². The van der Waals surface area contributed by atoms with Gasteiger partial charge in [-0.15, -0.1) is 0 Å². The van der Waals surface area contributed by atoms with Gasteiger partial charge in [0, 0.05) is 0 Å². The Morgan fingerprint density at radius 3 is 2.25 bits per heavy atom. The van der Waals surface area contributed by atoms with Crippen molar-refractivity contribution in [1.29, 1.82) is 0 Å². The minimum atomic E-state index is -0.468. The molecule has 0 spiro atoms. The first-order valence-corrected chi connectivity index (χ1v) is 4.58. The van der Waals surface area contributed by atoms with Gasteiger partial charge < -0.3 is 6.92 Å². The van der Waals surface area contributed by atoms with Crippen LogP contribution in [0.5, 0.6) is 0 Å². The van der Waals surface area contributed by atoms with Gasteiger partial charge in [-0.1, -0.05) is 5.20 Å². The van der Waals surface area contributed by atoms with Gasteiger partial charge in [-0.2, -0.15) is 0 Å². The monoisotopic (exact) mass is 124 g/mol. The highest BCUT2D eigenvalue weighted by molar-refractivity contribution is 6.67. The molecule has 0 nitrogen and oxygen atoms in total. The number of hydrogen-bond acceptors (Lipinski definition) is 0. The molecule has 0 N–H and O–H groups in total. The molecular weight excluding hydrogens is 112 g/mol. The number of rotatable bonds is 3. The molecular formula is C7H12Si. The summed E-state index contributed by atoms with van der Waals surface area (Å²) in [6, 6.07) is 1.94. The van der Waals surface area contributed by atoms with Crippen molar-refractivity contribution in [3.63, 3.8) is 0 Å². The third-order valence-electron chi connectivity index (χ3n) is 1.10. The molecule has 0 heterocycles. The second kappa shape index (κ2) is 3.67. The lowest BCUT2D eigenvalue weighted by molar-refractivity contribution is 1.52. The fraction of sp³-hybridized carbons (Fsp3) is 0.286. The molecule has 44 valence electrons. The Balaban J connectivity index is 3.52. The third-order valence-corrected chi connectivity index (χ3v) is 3.31. The van der Waals surface area contributed by atoms with E-state index in [1.54, 1.807) is 0 Å². The van der Waals surface area contributed by atoms with Crippen molar-refractivity contribution in [3.05, 3.63) is 32.5 Å². The Labute approximate surface area is 54.2 Å². The molecule has 1 heteroatoms. The molecule has 0 aliphatic rings. The standard InChI is InChI=1S/C7H12Si/c1-5-8(6-2)7(3)4/h1-6H2. The molecule has 0 aliphatic carbocycles. The van der Waals surface area contributed by atoms with E-state index in [9.17, 15) is 0 Å². The molecule has 0 aromatic rings. The summed E-state index contributed by atoms with van der Waals surface area (Å²) >= 11 is 0. The highest BCUT2D eigenvalue weighted by Crippen LogP contribution is 2.04. The van der Waals surface area contributed by atoms with Crippen molar-refractivity contribution in [2.45, 2.75) is 12.1 Å². The van der Waals surface area contributed by atoms with Crippen molar-refractivity contribution < 1.29 is 0 Å². The topological polar surface area (TPSA) is 0 Å². The summed E-state index contributed by atoms with van der Waals surface area (Å²) in [6.07, 6.45) is 0. The SMILES string of the molecule is C=C([CH2-])[Si+](C[CH2+])C[CH2-]. The van der Waals surface area contributed by atoms with E-state index in [-0.39, 0.29) is 0 Å². The van der Waals surface area contributed by atoms with Crippen LogP contribution >= 0.6 is 0 Å². The van der Waals surface area contributed by atoms with Crippen LogP contribution in [0.2, 0.25) is 12.1 Å². The van der Waals surface area contributed by atoms with E-state index in [0.717, 1.165) is 17.3 Å². The molecule has 0 aromatic heterocycles. The predicted molar refractivity (Wildman–Crippen MR) is 40.6 cm³/mol. The molecule has 0 unspecified atom stereocenters. The van der Waals surface area contributed by atoms with Crippen molar-refractivity contribution >= 4 is 8.80 Å². The highest BCUT2D eigenvalue weighted by atomic mass is 28.3. The van der Waals surface area contributed by atoms with E-state index in [1.165, 1.54) is 0 Å². The highest BCUT2D eigenvalue weighted by Gasteiger charge is 2.17. The lowest BCUT2D eigenvalue weighted by Crippen LogP contribution is -2.10. The molecule has 0 fully saturated rings. The summed E-state index contributed by atoms with van der Waals surface area (Å²) in [6.45, 7) is 15.1. The summed E-state index contributed by atoms with van der Waals surface area (Å²) in [5.74, 6) is 0. The zero-order valence-electron chi connectivity index (χ0n) is 5.24. The van der Waals surface area contributed by atoms with Crippen LogP contribution in [-0.4, -0.2) is 8.80 Å². The fourth-order valence-corrected chi connectivity index (χ4v) is 1.44. The maximum absolute atomic E-state index is 3.78. The van der Waals surface area contributed by atoms with E-state index < -0.39 is 8.80 Å². The van der Waals surface area contributed by atoms with E-state index in [1.807, 2.05) is 0 Å². The Hall–Kier alpha value is -0.303. The molecule has 0 saturated heterocycles. The molecule has 0 saturated carbocycles. The lowest BCUT2D eigenvalue weighted by Gasteiger charge is -1.97. The second-order valence-electron chi connectivity index (χ2n) is 1.71. The molecule has 0 aliphatic heterocycles. The maximum Gasteiger partial charge on any atom is 0.332 e. The largest absolute Gasteiger partial charge is 0.332 e. The van der Waals surface area contributed by atoms with Gasteiger partial charge in [-0.25, -0.2) is 13.5 Å². The average Bonchev–Trinajstić information content (AvgIpc) is 1.69. The smallest absolute Gasteiger partial charge is 0.313 e. The summed E-state index contributed by atoms with van der Waals surface area (Å²) in [5, 5.41) is 1.06. The van der Waals surface area contributed by atoms with Crippen LogP contribution in [-0.2, 0) is 0 Å². The summed E-state index contributed by atoms with van der Waals surface area (Å²) in [7, 11) is -0.468. The summed E-state index contributed by atoms with van der Waals surface area (Å²) in [5.41, 5.74) is 0. The average molecular weight is 124 g/mol. The van der Waals surface area contributed by atoms with Gasteiger partial charge in [-0.3, -0.25) is 0 Å². The molecule has 0 rings (SSSR count). The van der Waals surface area contributed by atoms with Crippen molar-refractivity contribution in [3.8, 4) is 0 Å². The predicted octanol–water partition coefficient (Wildman–Crippen LogP) is 2.08. The number of allylic oxidation sites excluding steroid dienone is 1. The van der Waals surface area contributed by atoms with Gasteiger partial charge in [0.05, 0.1) is 6.92 Å². The second-order valence-corrected chi connectivity index (χ2v) is 4.62. The maximum atomic E-state index is 3.78. The molecule has 0 aromatic carbocycles. The molecule has 0 amide bonds. The van der Waals surface area contributed by atoms with Crippen LogP contribution in [0.3, 0.4) is 0 Å². The van der Waals surface area contributed by atoms with Crippen molar-refractivity contribution in [1.82, 2.24) is 0 Å². The van der Waals surface area contributed by atoms with Crippen molar-refractivity contribution in [2.24, 2.45) is 0 Å². The normalized spacial score (nSPS) is 8.62. The minimum absolute atomic E-state index is 0.468. The van der Waals surface area contributed by atoms with Crippen LogP contribution in [0.25, 0.3) is 0 Å². The summed E-state index contributed by atoms with van der Waals surface area (Å²) < 4.78 is 0. The van der Waals surface area contributed by atoms with E-state index in [4.69, 9.17) is 0 Å². The molecule has 0 radical (unpaired) electrons. The summed E-state index contributed by atoms with van der Waals surface area (Å²) in [4.78, 5) is 0. The Kier molecular flexibility index (Phi) is 3.53. The van der Waals surface area contributed by atoms with Crippen LogP contribution in [0.15, 0.2) is 11.8 Å². The van der Waals surface area contributed by atoms with E-state index in [0.29, 0.717) is 0 Å². The Bertz CT molecular complexity index is 72.5. The Morgan fingerprint density at radius 1 is 1.75 bits per heavy atom. The molecule has 0 atom stereocenters. The van der Waals surface area contributed by atoms with Gasteiger partial charge in [-0.05, 0) is 6.04 Å². The van der Waals surface area contributed by atoms with Crippen LogP contribution in [0.1, 0.15) is 0 Å². The van der Waals surface area contributed by atoms with Crippen molar-refractivity contribution in [2.75, 3.05) is 0 Å². The fourth-order valence-electron chi connectivity index (χ4n) is 0.479. The van der Waals surface area contributed by atoms with Gasteiger partial charge >= 0.3 is 8.80 Å². The minimum Gasteiger partial charge on any atom is -0.313 e. The molecule has 0 bridgehead atoms. The van der Waals surface area contributed by atoms with Crippen LogP contribution in [0, 0.1) is 20.8 Å². The Morgan fingerprint density at radius 2 is 2.25 bits per heavy atom. The van der Waals surface area contributed by atoms with Gasteiger partial charge in [0.2, 0.25) is 0 Å². The third kappa shape index (κ3) is 2.12. The van der Waals surface area contributed by atoms with Gasteiger partial charge in [0.1, 0.15) is 0 Å².